The fourth-order valence-electron chi connectivity index (χ4n) is 4.42. The number of hydrogen-bond acceptors (Lipinski definition) is 7. The molecule has 2 unspecified atom stereocenters. The maximum Gasteiger partial charge on any atom is 0.478 e. The number of amides is 1. The van der Waals surface area contributed by atoms with Crippen LogP contribution in [0.1, 0.15) is 6.42 Å². The Morgan fingerprint density at radius 2 is 1.35 bits per heavy atom. The maximum atomic E-state index is 14.9. The van der Waals surface area contributed by atoms with Gasteiger partial charge in [-0.2, -0.15) is 43.9 Å². The van der Waals surface area contributed by atoms with Crippen molar-refractivity contribution in [1.82, 2.24) is 0 Å². The summed E-state index contributed by atoms with van der Waals surface area (Å²) in [5.74, 6) is -7.13. The summed E-state index contributed by atoms with van der Waals surface area (Å²) in [5, 5.41) is 1.01. The van der Waals surface area contributed by atoms with Crippen LogP contribution in [0.3, 0.4) is 0 Å². The van der Waals surface area contributed by atoms with Gasteiger partial charge in [0.05, 0.1) is 8.07 Å². The molecule has 0 fully saturated rings. The van der Waals surface area contributed by atoms with Crippen LogP contribution in [0.25, 0.3) is 0 Å². The molecule has 0 saturated heterocycles. The summed E-state index contributed by atoms with van der Waals surface area (Å²) in [5.41, 5.74) is 0.672. The van der Waals surface area contributed by atoms with E-state index in [1.54, 1.807) is 52.4 Å². The standard InChI is InChI=1S/C26H41F12NO7Si5/c1-39(18-40)19-11-10-12-20(17-19)49(6,7)15-16-50(8,9)46-51(44-47(2)3,45-48(4)5)14-13-21(27)41-24(32,33)22(28,23(29,30)31)42-25(34,35)26(36,37)43-38/h10-12,17-18,21H,13-16H2,1-9H3. The average Bonchev–Trinajstić information content (AvgIpc) is 2.96. The number of benzene rings is 1. The number of halogens is 12. The fourth-order valence-corrected chi connectivity index (χ4v) is 22.9. The summed E-state index contributed by atoms with van der Waals surface area (Å²) in [6.07, 6.45) is -31.9. The van der Waals surface area contributed by atoms with Crippen LogP contribution in [0, 0.1) is 0 Å². The van der Waals surface area contributed by atoms with Gasteiger partial charge >= 0.3 is 39.2 Å². The highest BCUT2D eigenvalue weighted by atomic mass is 28.5. The van der Waals surface area contributed by atoms with Crippen LogP contribution in [0.5, 0.6) is 0 Å². The summed E-state index contributed by atoms with van der Waals surface area (Å²) >= 11 is 0. The summed E-state index contributed by atoms with van der Waals surface area (Å²) < 4.78 is 187. The molecular formula is C26H41F12NO7Si5. The molecule has 1 aromatic rings. The topological polar surface area (TPSA) is 75.7 Å². The zero-order chi connectivity index (χ0) is 40.1. The summed E-state index contributed by atoms with van der Waals surface area (Å²) in [6, 6.07) is 7.77. The molecular weight excluding hydrogens is 807 g/mol. The molecule has 0 aliphatic heterocycles. The first-order valence-corrected chi connectivity index (χ1v) is 28.1. The molecule has 0 saturated carbocycles. The van der Waals surface area contributed by atoms with Crippen molar-refractivity contribution < 1.29 is 84.4 Å². The molecule has 0 aliphatic carbocycles. The maximum absolute atomic E-state index is 14.9. The minimum absolute atomic E-state index is 0.467. The Bertz CT molecular complexity index is 1270. The lowest BCUT2D eigenvalue weighted by atomic mass is 10.2. The molecule has 0 aromatic heterocycles. The largest absolute Gasteiger partial charge is 0.478 e. The smallest absolute Gasteiger partial charge is 0.417 e. The third kappa shape index (κ3) is 12.9. The number of hydrogen-bond donors (Lipinski definition) is 0. The monoisotopic (exact) mass is 847 g/mol. The molecule has 0 spiro atoms. The lowest BCUT2D eigenvalue weighted by Crippen LogP contribution is -2.64. The third-order valence-electron chi connectivity index (χ3n) is 7.09. The van der Waals surface area contributed by atoms with Crippen molar-refractivity contribution in [3.8, 4) is 0 Å². The van der Waals surface area contributed by atoms with Gasteiger partial charge in [0.25, 0.3) is 0 Å². The first-order valence-electron chi connectivity index (χ1n) is 15.0. The summed E-state index contributed by atoms with van der Waals surface area (Å²) in [4.78, 5) is 14.1. The Labute approximate surface area is 294 Å². The minimum atomic E-state index is -7.26. The first kappa shape index (κ1) is 47.7. The third-order valence-corrected chi connectivity index (χ3v) is 22.5. The van der Waals surface area contributed by atoms with Crippen LogP contribution in [0.2, 0.25) is 70.5 Å². The van der Waals surface area contributed by atoms with Gasteiger partial charge in [-0.15, -0.1) is 4.94 Å². The van der Waals surface area contributed by atoms with Gasteiger partial charge in [0.15, 0.2) is 26.4 Å². The van der Waals surface area contributed by atoms with Gasteiger partial charge in [-0.25, -0.2) is 4.39 Å². The van der Waals surface area contributed by atoms with Gasteiger partial charge in [-0.3, -0.25) is 14.3 Å². The van der Waals surface area contributed by atoms with E-state index < -0.39 is 92.5 Å². The van der Waals surface area contributed by atoms with Crippen molar-refractivity contribution in [2.24, 2.45) is 0 Å². The summed E-state index contributed by atoms with van der Waals surface area (Å²) in [6.45, 7) is 14.3. The van der Waals surface area contributed by atoms with E-state index in [1.807, 2.05) is 18.2 Å². The van der Waals surface area contributed by atoms with Gasteiger partial charge < -0.3 is 17.2 Å². The molecule has 51 heavy (non-hydrogen) atoms. The van der Waals surface area contributed by atoms with Gasteiger partial charge in [0, 0.05) is 25.2 Å². The van der Waals surface area contributed by atoms with E-state index in [-0.39, 0.29) is 0 Å². The molecule has 1 rings (SSSR count). The number of nitrogens with zero attached hydrogens (tertiary/aromatic N) is 1. The van der Waals surface area contributed by atoms with E-state index in [0.717, 1.165) is 5.19 Å². The number of carbonyl (C=O) groups excluding carboxylic acids is 1. The number of alkyl halides is 11. The number of carbonyl (C=O) groups is 1. The molecule has 2 radical (unpaired) electrons. The van der Waals surface area contributed by atoms with Crippen LogP contribution in [0.4, 0.5) is 58.5 Å². The lowest BCUT2D eigenvalue weighted by molar-refractivity contribution is -0.557. The van der Waals surface area contributed by atoms with Crippen LogP contribution < -0.4 is 10.1 Å². The van der Waals surface area contributed by atoms with Crippen LogP contribution in [-0.4, -0.2) is 93.4 Å². The zero-order valence-electron chi connectivity index (χ0n) is 29.1. The highest BCUT2D eigenvalue weighted by Crippen LogP contribution is 2.52. The van der Waals surface area contributed by atoms with Gasteiger partial charge in [-0.05, 0) is 62.0 Å². The second-order valence-electron chi connectivity index (χ2n) is 13.1. The van der Waals surface area contributed by atoms with Gasteiger partial charge in [-0.1, -0.05) is 36.5 Å². The Morgan fingerprint density at radius 1 is 0.824 bits per heavy atom. The summed E-state index contributed by atoms with van der Waals surface area (Å²) in [7, 11) is -11.2. The van der Waals surface area contributed by atoms with Crippen LogP contribution in [0.15, 0.2) is 24.3 Å². The Hall–Kier alpha value is -1.31. The molecule has 0 N–H and O–H groups in total. The molecule has 1 amide bonds. The minimum Gasteiger partial charge on any atom is -0.417 e. The predicted molar refractivity (Wildman–Crippen MR) is 173 cm³/mol. The van der Waals surface area contributed by atoms with Crippen molar-refractivity contribution in [3.63, 3.8) is 0 Å². The Kier molecular flexibility index (Phi) is 16.3. The van der Waals surface area contributed by atoms with Gasteiger partial charge in [0.1, 0.15) is 0 Å². The van der Waals surface area contributed by atoms with E-state index in [0.29, 0.717) is 24.2 Å². The number of ether oxygens (including phenoxy) is 2. The van der Waals surface area contributed by atoms with Crippen molar-refractivity contribution >= 4 is 60.6 Å². The van der Waals surface area contributed by atoms with Gasteiger partial charge in [0.2, 0.25) is 12.8 Å². The quantitative estimate of drug-likeness (QED) is 0.0659. The molecule has 0 bridgehead atoms. The predicted octanol–water partition coefficient (Wildman–Crippen LogP) is 8.52. The first-order chi connectivity index (χ1) is 22.8. The molecule has 0 heterocycles. The van der Waals surface area contributed by atoms with Crippen LogP contribution >= 0.6 is 0 Å². The van der Waals surface area contributed by atoms with Crippen molar-refractivity contribution in [2.45, 2.75) is 114 Å². The molecule has 2 atom stereocenters. The lowest BCUT2D eigenvalue weighted by Gasteiger charge is -2.40. The number of rotatable bonds is 22. The second kappa shape index (κ2) is 17.4. The van der Waals surface area contributed by atoms with E-state index >= 15 is 0 Å². The Balaban J connectivity index is 3.35. The number of anilines is 1. The van der Waals surface area contributed by atoms with E-state index in [2.05, 4.69) is 22.6 Å². The van der Waals surface area contributed by atoms with Crippen molar-refractivity contribution in [3.05, 3.63) is 24.3 Å². The molecule has 25 heteroatoms. The normalized spacial score (nSPS) is 16.1. The van der Waals surface area contributed by atoms with Crippen molar-refractivity contribution in [1.29, 1.82) is 0 Å². The molecule has 0 aliphatic rings. The van der Waals surface area contributed by atoms with E-state index in [1.165, 1.54) is 9.84 Å². The second-order valence-corrected chi connectivity index (χ2v) is 29.9. The molecule has 8 nitrogen and oxygen atoms in total. The zero-order valence-corrected chi connectivity index (χ0v) is 34.1. The van der Waals surface area contributed by atoms with E-state index in [9.17, 15) is 57.6 Å². The van der Waals surface area contributed by atoms with E-state index in [4.69, 9.17) is 12.3 Å². The highest BCUT2D eigenvalue weighted by Gasteiger charge is 2.81. The van der Waals surface area contributed by atoms with Crippen LogP contribution in [-0.2, 0) is 31.6 Å². The van der Waals surface area contributed by atoms with Crippen molar-refractivity contribution in [2.75, 3.05) is 11.9 Å². The molecule has 296 valence electrons. The Morgan fingerprint density at radius 3 is 1.80 bits per heavy atom. The highest BCUT2D eigenvalue weighted by molar-refractivity contribution is 6.92. The average molecular weight is 848 g/mol. The SMILES string of the molecule is CN(C=O)c1cccc([Si](C)(C)CC[Si](C)(C)O[Si](CCC(F)OC(F)(F)C(F)(OC(F)(F)C(F)(F)OF)C(F)(F)F)(O[Si](C)C)O[Si](C)C)c1. The fraction of sp³-hybridized carbons (Fsp3) is 0.731. The molecule has 1 aromatic carbocycles.